The van der Waals surface area contributed by atoms with Gasteiger partial charge in [-0.15, -0.1) is 340 Å². The molecule has 0 nitrogen and oxygen atoms in total. The number of halogens is 20. The third-order valence-corrected chi connectivity index (χ3v) is 0. The fraction of sp³-hybridized carbons (Fsp3) is 0. The minimum absolute atomic E-state index is 0. The molecule has 0 spiro atoms. The average molecular weight is 1620 g/mol. The first kappa shape index (κ1) is 263. The largest absolute Gasteiger partial charge is 0.114 e. The number of hydrogen-bond donors (Lipinski definition) is 0. The van der Waals surface area contributed by atoms with Crippen molar-refractivity contribution in [2.24, 2.45) is 0 Å². The van der Waals surface area contributed by atoms with Crippen molar-refractivity contribution in [1.82, 2.24) is 0 Å². The highest BCUT2D eigenvalue weighted by atomic mass is 79.9. The Morgan fingerprint density at radius 2 is 0.0500 bits per heavy atom. The van der Waals surface area contributed by atoms with E-state index in [0.29, 0.717) is 0 Å². The van der Waals surface area contributed by atoms with Crippen molar-refractivity contribution in [2.75, 3.05) is 0 Å². The first-order valence-electron chi connectivity index (χ1n) is 0. The summed E-state index contributed by atoms with van der Waals surface area (Å²) in [6, 6.07) is 0. The van der Waals surface area contributed by atoms with Crippen molar-refractivity contribution < 1.29 is 0 Å². The lowest BCUT2D eigenvalue weighted by atomic mass is 79.9. The Balaban J connectivity index is 0. The minimum Gasteiger partial charge on any atom is -0.114 e. The van der Waals surface area contributed by atoms with Gasteiger partial charge in [-0.3, -0.25) is 0 Å². The lowest BCUT2D eigenvalue weighted by Crippen LogP contribution is 0.845. The van der Waals surface area contributed by atoms with Crippen LogP contribution in [-0.2, 0) is 0 Å². The zero-order valence-electron chi connectivity index (χ0n) is 8.16. The van der Waals surface area contributed by atoms with Gasteiger partial charge in [0, 0.05) is 0 Å². The Morgan fingerprint density at radius 1 is 0.0500 bits per heavy atom. The molecule has 0 saturated carbocycles. The summed E-state index contributed by atoms with van der Waals surface area (Å²) < 4.78 is 0. The third kappa shape index (κ3) is 212. The summed E-state index contributed by atoms with van der Waals surface area (Å²) in [4.78, 5) is 0. The van der Waals surface area contributed by atoms with Crippen LogP contribution in [0.15, 0.2) is 0 Å². The molecule has 0 saturated heterocycles. The lowest BCUT2D eigenvalue weighted by molar-refractivity contribution is 8.93. The van der Waals surface area contributed by atoms with Crippen molar-refractivity contribution in [1.29, 1.82) is 0 Å². The molecular weight excluding hydrogens is 1600 g/mol. The van der Waals surface area contributed by atoms with Crippen molar-refractivity contribution in [3.05, 3.63) is 0 Å². The fourth-order valence-corrected chi connectivity index (χ4v) is 0. The summed E-state index contributed by atoms with van der Waals surface area (Å²) in [6.45, 7) is 0. The van der Waals surface area contributed by atoms with E-state index < -0.39 is 0 Å². The topological polar surface area (TPSA) is 0 Å². The summed E-state index contributed by atoms with van der Waals surface area (Å²) in [6.07, 6.45) is 0. The van der Waals surface area contributed by atoms with Gasteiger partial charge in [-0.05, 0) is 0 Å². The van der Waals surface area contributed by atoms with Gasteiger partial charge in [0.1, 0.15) is 0 Å². The molecule has 0 rings (SSSR count). The van der Waals surface area contributed by atoms with E-state index in [1.807, 2.05) is 0 Å². The molecule has 160 valence electrons. The predicted octanol–water partition coefficient (Wildman–Crippen LogP) is 11.6. The summed E-state index contributed by atoms with van der Waals surface area (Å²) in [5, 5.41) is 0. The van der Waals surface area contributed by atoms with Gasteiger partial charge in [0.15, 0.2) is 0 Å². The van der Waals surface area contributed by atoms with Crippen molar-refractivity contribution in [3.8, 4) is 0 Å². The van der Waals surface area contributed by atoms with E-state index in [1.165, 1.54) is 0 Å². The van der Waals surface area contributed by atoms with E-state index in [-0.39, 0.29) is 340 Å². The lowest BCUT2D eigenvalue weighted by Gasteiger charge is -0.115. The van der Waals surface area contributed by atoms with Gasteiger partial charge in [-0.25, -0.2) is 0 Å². The maximum Gasteiger partial charge on any atom is -0.114 e. The van der Waals surface area contributed by atoms with E-state index in [9.17, 15) is 0 Å². The maximum absolute atomic E-state index is 0. The molecule has 0 bridgehead atoms. The number of hydrogen-bond acceptors (Lipinski definition) is 0. The molecule has 0 radical (unpaired) electrons. The Labute approximate surface area is 332 Å². The quantitative estimate of drug-likeness (QED) is 0.227. The minimum atomic E-state index is 0. The van der Waals surface area contributed by atoms with E-state index in [4.69, 9.17) is 0 Å². The second-order valence-corrected chi connectivity index (χ2v) is 0. The Kier molecular flexibility index (Phi) is 3110. The van der Waals surface area contributed by atoms with Crippen molar-refractivity contribution >= 4 is 340 Å². The van der Waals surface area contributed by atoms with E-state index in [2.05, 4.69) is 0 Å². The zero-order valence-corrected chi connectivity index (χ0v) is 42.4. The van der Waals surface area contributed by atoms with Gasteiger partial charge >= 0.3 is 0 Å². The standard InChI is InChI=1S/20BrH/h20*1H. The summed E-state index contributed by atoms with van der Waals surface area (Å²) >= 11 is 0. The van der Waals surface area contributed by atoms with Crippen LogP contribution in [-0.4, -0.2) is 0 Å². The molecule has 0 aliphatic heterocycles. The van der Waals surface area contributed by atoms with Crippen LogP contribution in [0, 0.1) is 0 Å². The van der Waals surface area contributed by atoms with Crippen LogP contribution in [0.1, 0.15) is 0 Å². The first-order chi connectivity index (χ1) is 0. The van der Waals surface area contributed by atoms with E-state index >= 15 is 0 Å². The van der Waals surface area contributed by atoms with Gasteiger partial charge in [-0.2, -0.15) is 0 Å². The maximum atomic E-state index is 0. The molecule has 0 atom stereocenters. The van der Waals surface area contributed by atoms with Crippen LogP contribution in [0.2, 0.25) is 0 Å². The van der Waals surface area contributed by atoms with Crippen LogP contribution in [0.4, 0.5) is 0 Å². The molecule has 0 aliphatic carbocycles. The van der Waals surface area contributed by atoms with Crippen molar-refractivity contribution in [2.45, 2.75) is 0 Å². The normalized spacial score (nSPS) is 0. The number of rotatable bonds is 0. The van der Waals surface area contributed by atoms with Crippen LogP contribution in [0.5, 0.6) is 0 Å². The molecule has 0 aromatic rings. The zero-order chi connectivity index (χ0) is 0. The van der Waals surface area contributed by atoms with E-state index in [1.54, 1.807) is 0 Å². The van der Waals surface area contributed by atoms with Crippen LogP contribution >= 0.6 is 340 Å². The smallest absolute Gasteiger partial charge is 0.114 e. The highest BCUT2D eigenvalue weighted by Gasteiger charge is -0.0946. The van der Waals surface area contributed by atoms with Crippen LogP contribution in [0.25, 0.3) is 0 Å². The summed E-state index contributed by atoms with van der Waals surface area (Å²) in [5.41, 5.74) is 0. The molecule has 0 fully saturated rings. The summed E-state index contributed by atoms with van der Waals surface area (Å²) in [5.74, 6) is 0. The van der Waals surface area contributed by atoms with Gasteiger partial charge in [-0.1, -0.05) is 0 Å². The Morgan fingerprint density at radius 3 is 0.0500 bits per heavy atom. The summed E-state index contributed by atoms with van der Waals surface area (Å²) in [7, 11) is 0. The monoisotopic (exact) mass is 1600 g/mol. The molecule has 0 N–H and O–H groups in total. The molecule has 0 heterocycles. The Hall–Kier alpha value is 9.60. The third-order valence-electron chi connectivity index (χ3n) is 0. The molecule has 0 amide bonds. The Bertz CT molecular complexity index is 0. The second kappa shape index (κ2) is 236. The van der Waals surface area contributed by atoms with Crippen LogP contribution in [0.3, 0.4) is 0 Å². The molecular formula is H20Br20. The molecule has 20 heavy (non-hydrogen) atoms. The highest BCUT2D eigenvalue weighted by molar-refractivity contribution is 8.95. The average Bonchev–Trinajstić information content (AvgIpc) is 0. The molecule has 0 aliphatic rings. The van der Waals surface area contributed by atoms with Gasteiger partial charge in [0.05, 0.1) is 0 Å². The molecule has 0 aromatic heterocycles. The van der Waals surface area contributed by atoms with Crippen molar-refractivity contribution in [3.63, 3.8) is 0 Å². The fourth-order valence-electron chi connectivity index (χ4n) is 0. The molecule has 0 aromatic carbocycles. The first-order valence-corrected chi connectivity index (χ1v) is 0. The molecule has 0 unspecified atom stereocenters. The van der Waals surface area contributed by atoms with Gasteiger partial charge < -0.3 is 0 Å². The van der Waals surface area contributed by atoms with Gasteiger partial charge in [0.25, 0.3) is 0 Å². The van der Waals surface area contributed by atoms with Crippen LogP contribution < -0.4 is 0 Å². The highest BCUT2D eigenvalue weighted by Crippen LogP contribution is 0.865. The SMILES string of the molecule is Br.Br.Br.Br.Br.Br.Br.Br.Br.Br.Br.Br.Br.Br.Br.Br.Br.Br.Br.Br. The van der Waals surface area contributed by atoms with Gasteiger partial charge in [0.2, 0.25) is 0 Å². The molecule has 20 heteroatoms. The second-order valence-electron chi connectivity index (χ2n) is 0. The predicted molar refractivity (Wildman–Crippen MR) is 206 cm³/mol. The van der Waals surface area contributed by atoms with E-state index in [0.717, 1.165) is 0 Å².